The Balaban J connectivity index is 3.07. The Kier molecular flexibility index (Phi) is 6.24. The van der Waals surface area contributed by atoms with Gasteiger partial charge in [-0.3, -0.25) is 0 Å². The summed E-state index contributed by atoms with van der Waals surface area (Å²) in [5.74, 6) is 0. The maximum Gasteiger partial charge on any atom is 0.0552 e. The van der Waals surface area contributed by atoms with E-state index >= 15 is 0 Å². The monoisotopic (exact) mass is 238 g/mol. The summed E-state index contributed by atoms with van der Waals surface area (Å²) in [4.78, 5) is 0. The molecule has 0 aromatic carbocycles. The van der Waals surface area contributed by atoms with Crippen LogP contribution in [0.25, 0.3) is 0 Å². The third-order valence-electron chi connectivity index (χ3n) is 1.01. The highest BCUT2D eigenvalue weighted by Crippen LogP contribution is 2.06. The smallest absolute Gasteiger partial charge is 0.0552 e. The van der Waals surface area contributed by atoms with E-state index in [2.05, 4.69) is 34.3 Å². The molecule has 0 aliphatic carbocycles. The first kappa shape index (κ1) is 9.07. The zero-order valence-electron chi connectivity index (χ0n) is 5.36. The fourth-order valence-electron chi connectivity index (χ4n) is 0.479. The largest absolute Gasteiger partial charge is 0.205 e. The van der Waals surface area contributed by atoms with E-state index in [9.17, 15) is 0 Å². The van der Waals surface area contributed by atoms with Gasteiger partial charge in [-0.15, -0.1) is 0 Å². The molecule has 52 valence electrons. The average Bonchev–Trinajstić information content (AvgIpc) is 1.89. The van der Waals surface area contributed by atoms with Gasteiger partial charge in [0, 0.05) is 0 Å². The molecule has 0 atom stereocenters. The van der Waals surface area contributed by atoms with Crippen LogP contribution in [0.4, 0.5) is 0 Å². The standard InChI is InChI=1S/C6H11IN2/c1-6(9-8)4-2-3-5-7/h8H,1-5H2. The number of alkyl halides is 1. The van der Waals surface area contributed by atoms with Crippen LogP contribution in [0.2, 0.25) is 0 Å². The number of nitrogens with one attached hydrogen (secondary N) is 1. The second-order valence-electron chi connectivity index (χ2n) is 1.82. The summed E-state index contributed by atoms with van der Waals surface area (Å²) in [5, 5.41) is 3.21. The van der Waals surface area contributed by atoms with Gasteiger partial charge in [-0.1, -0.05) is 29.2 Å². The summed E-state index contributed by atoms with van der Waals surface area (Å²) in [7, 11) is 0. The van der Waals surface area contributed by atoms with E-state index in [1.165, 1.54) is 10.8 Å². The minimum atomic E-state index is 0.694. The highest BCUT2D eigenvalue weighted by Gasteiger charge is 1.89. The lowest BCUT2D eigenvalue weighted by Crippen LogP contribution is -1.78. The normalized spacial score (nSPS) is 9.00. The lowest BCUT2D eigenvalue weighted by Gasteiger charge is -1.93. The van der Waals surface area contributed by atoms with Crippen LogP contribution in [0.3, 0.4) is 0 Å². The molecule has 2 nitrogen and oxygen atoms in total. The molecule has 0 heterocycles. The van der Waals surface area contributed by atoms with Gasteiger partial charge in [0.05, 0.1) is 5.70 Å². The molecule has 0 rings (SSSR count). The summed E-state index contributed by atoms with van der Waals surface area (Å²) in [6.45, 7) is 3.59. The number of allylic oxidation sites excluding steroid dienone is 1. The number of unbranched alkanes of at least 4 members (excludes halogenated alkanes) is 1. The molecule has 0 spiro atoms. The fraction of sp³-hybridized carbons (Fsp3) is 0.667. The highest BCUT2D eigenvalue weighted by atomic mass is 127. The number of hydrogen-bond donors (Lipinski definition) is 1. The van der Waals surface area contributed by atoms with Crippen molar-refractivity contribution in [3.8, 4) is 0 Å². The highest BCUT2D eigenvalue weighted by molar-refractivity contribution is 14.1. The number of hydrogen-bond acceptors (Lipinski definition) is 2. The molecule has 0 saturated carbocycles. The lowest BCUT2D eigenvalue weighted by atomic mass is 10.2. The van der Waals surface area contributed by atoms with Gasteiger partial charge in [0.25, 0.3) is 0 Å². The van der Waals surface area contributed by atoms with Crippen molar-refractivity contribution in [2.45, 2.75) is 19.3 Å². The Bertz CT molecular complexity index is 101. The van der Waals surface area contributed by atoms with Gasteiger partial charge < -0.3 is 0 Å². The summed E-state index contributed by atoms with van der Waals surface area (Å²) < 4.78 is 1.18. The van der Waals surface area contributed by atoms with E-state index in [0.717, 1.165) is 12.8 Å². The van der Waals surface area contributed by atoms with Gasteiger partial charge in [0.1, 0.15) is 0 Å². The molecule has 0 fully saturated rings. The topological polar surface area (TPSA) is 36.2 Å². The van der Waals surface area contributed by atoms with Gasteiger partial charge in [0.15, 0.2) is 0 Å². The van der Waals surface area contributed by atoms with E-state index in [1.807, 2.05) is 0 Å². The molecule has 0 amide bonds. The van der Waals surface area contributed by atoms with Crippen LogP contribution in [0, 0.1) is 5.53 Å². The van der Waals surface area contributed by atoms with Crippen LogP contribution in [0.1, 0.15) is 19.3 Å². The summed E-state index contributed by atoms with van der Waals surface area (Å²) in [5.41, 5.74) is 7.26. The molecular weight excluding hydrogens is 227 g/mol. The lowest BCUT2D eigenvalue weighted by molar-refractivity contribution is 0.780. The predicted molar refractivity (Wildman–Crippen MR) is 47.0 cm³/mol. The zero-order chi connectivity index (χ0) is 7.11. The molecule has 0 saturated heterocycles. The molecule has 1 N–H and O–H groups in total. The third-order valence-corrected chi connectivity index (χ3v) is 1.77. The van der Waals surface area contributed by atoms with Gasteiger partial charge in [-0.25, -0.2) is 5.53 Å². The molecule has 0 aliphatic rings. The van der Waals surface area contributed by atoms with Gasteiger partial charge >= 0.3 is 0 Å². The minimum Gasteiger partial charge on any atom is -0.205 e. The Hall–Kier alpha value is 0.0700. The van der Waals surface area contributed by atoms with Crippen LogP contribution in [0.15, 0.2) is 17.4 Å². The van der Waals surface area contributed by atoms with Gasteiger partial charge in [-0.05, 0) is 23.7 Å². The van der Waals surface area contributed by atoms with E-state index in [4.69, 9.17) is 5.53 Å². The Labute approximate surface area is 69.4 Å². The number of nitrogens with zero attached hydrogens (tertiary/aromatic N) is 1. The van der Waals surface area contributed by atoms with Crippen molar-refractivity contribution in [3.05, 3.63) is 12.3 Å². The Morgan fingerprint density at radius 2 is 2.22 bits per heavy atom. The number of rotatable bonds is 5. The molecule has 3 heteroatoms. The molecule has 0 radical (unpaired) electrons. The summed E-state index contributed by atoms with van der Waals surface area (Å²) in [6.07, 6.45) is 3.20. The first-order valence-corrected chi connectivity index (χ1v) is 4.45. The Morgan fingerprint density at radius 1 is 1.56 bits per heavy atom. The van der Waals surface area contributed by atoms with Crippen molar-refractivity contribution < 1.29 is 0 Å². The van der Waals surface area contributed by atoms with Gasteiger partial charge in [0.2, 0.25) is 0 Å². The first-order valence-electron chi connectivity index (χ1n) is 2.92. The SMILES string of the molecule is C=C(CCCCI)N=N. The van der Waals surface area contributed by atoms with Crippen molar-refractivity contribution in [3.63, 3.8) is 0 Å². The van der Waals surface area contributed by atoms with Crippen LogP contribution in [-0.2, 0) is 0 Å². The van der Waals surface area contributed by atoms with Crippen LogP contribution < -0.4 is 0 Å². The molecular formula is C6H11IN2. The molecule has 0 bridgehead atoms. The second-order valence-corrected chi connectivity index (χ2v) is 2.90. The van der Waals surface area contributed by atoms with Crippen molar-refractivity contribution in [2.75, 3.05) is 4.43 Å². The van der Waals surface area contributed by atoms with Crippen LogP contribution in [-0.4, -0.2) is 4.43 Å². The van der Waals surface area contributed by atoms with Crippen molar-refractivity contribution in [1.82, 2.24) is 0 Å². The van der Waals surface area contributed by atoms with Crippen molar-refractivity contribution >= 4 is 22.6 Å². The molecule has 9 heavy (non-hydrogen) atoms. The molecule has 0 unspecified atom stereocenters. The summed E-state index contributed by atoms with van der Waals surface area (Å²) in [6, 6.07) is 0. The quantitative estimate of drug-likeness (QED) is 0.330. The van der Waals surface area contributed by atoms with Crippen LogP contribution in [0.5, 0.6) is 0 Å². The average molecular weight is 238 g/mol. The molecule has 0 aromatic heterocycles. The zero-order valence-corrected chi connectivity index (χ0v) is 7.52. The maximum atomic E-state index is 6.57. The third kappa shape index (κ3) is 5.95. The van der Waals surface area contributed by atoms with E-state index < -0.39 is 0 Å². The number of halogens is 1. The Morgan fingerprint density at radius 3 is 2.67 bits per heavy atom. The fourth-order valence-corrected chi connectivity index (χ4v) is 1.02. The van der Waals surface area contributed by atoms with Crippen LogP contribution >= 0.6 is 22.6 Å². The van der Waals surface area contributed by atoms with E-state index in [0.29, 0.717) is 5.70 Å². The van der Waals surface area contributed by atoms with Gasteiger partial charge in [-0.2, -0.15) is 5.11 Å². The van der Waals surface area contributed by atoms with E-state index in [1.54, 1.807) is 0 Å². The predicted octanol–water partition coefficient (Wildman–Crippen LogP) is 3.14. The van der Waals surface area contributed by atoms with Crippen molar-refractivity contribution in [1.29, 1.82) is 5.53 Å². The second kappa shape index (κ2) is 6.19. The molecule has 0 aliphatic heterocycles. The summed E-state index contributed by atoms with van der Waals surface area (Å²) >= 11 is 2.34. The molecule has 0 aromatic rings. The minimum absolute atomic E-state index is 0.694. The first-order chi connectivity index (χ1) is 4.31. The van der Waals surface area contributed by atoms with E-state index in [-0.39, 0.29) is 0 Å². The van der Waals surface area contributed by atoms with Crippen molar-refractivity contribution in [2.24, 2.45) is 5.11 Å². The maximum absolute atomic E-state index is 6.57.